The van der Waals surface area contributed by atoms with E-state index in [4.69, 9.17) is 11.0 Å². The summed E-state index contributed by atoms with van der Waals surface area (Å²) in [5.74, 6) is 0.0238. The van der Waals surface area contributed by atoms with Gasteiger partial charge in [-0.3, -0.25) is 9.69 Å². The van der Waals surface area contributed by atoms with E-state index in [2.05, 4.69) is 11.1 Å². The van der Waals surface area contributed by atoms with Gasteiger partial charge in [-0.2, -0.15) is 5.26 Å². The van der Waals surface area contributed by atoms with E-state index < -0.39 is 5.54 Å². The maximum absolute atomic E-state index is 13.2. The van der Waals surface area contributed by atoms with Crippen molar-refractivity contribution < 1.29 is 4.79 Å². The summed E-state index contributed by atoms with van der Waals surface area (Å²) in [7, 11) is 1.64. The molecular weight excluding hydrogens is 356 g/mol. The number of hydrogen-bond acceptors (Lipinski definition) is 5. The van der Waals surface area contributed by atoms with E-state index in [0.29, 0.717) is 5.56 Å². The fourth-order valence-electron chi connectivity index (χ4n) is 3.24. The summed E-state index contributed by atoms with van der Waals surface area (Å²) in [6.07, 6.45) is 0. The van der Waals surface area contributed by atoms with Crippen molar-refractivity contribution in [3.63, 3.8) is 0 Å². The Kier molecular flexibility index (Phi) is 4.02. The van der Waals surface area contributed by atoms with Gasteiger partial charge in [-0.05, 0) is 35.4 Å². The van der Waals surface area contributed by atoms with Gasteiger partial charge < -0.3 is 5.73 Å². The number of nitrogens with zero attached hydrogens (tertiary/aromatic N) is 3. The van der Waals surface area contributed by atoms with Crippen LogP contribution in [0.15, 0.2) is 71.7 Å². The maximum atomic E-state index is 13.2. The highest BCUT2D eigenvalue weighted by Gasteiger charge is 2.50. The van der Waals surface area contributed by atoms with Gasteiger partial charge >= 0.3 is 0 Å². The van der Waals surface area contributed by atoms with Gasteiger partial charge in [0.25, 0.3) is 5.91 Å². The molecule has 1 aliphatic heterocycles. The van der Waals surface area contributed by atoms with Crippen LogP contribution in [0.3, 0.4) is 0 Å². The molecule has 27 heavy (non-hydrogen) atoms. The molecule has 0 radical (unpaired) electrons. The fraction of sp³-hybridized carbons (Fsp3) is 0.0952. The van der Waals surface area contributed by atoms with Crippen LogP contribution in [0.5, 0.6) is 0 Å². The molecule has 1 aromatic heterocycles. The molecule has 2 heterocycles. The van der Waals surface area contributed by atoms with Crippen LogP contribution < -0.4 is 5.73 Å². The Balaban J connectivity index is 1.88. The van der Waals surface area contributed by atoms with Gasteiger partial charge in [0.15, 0.2) is 5.96 Å². The van der Waals surface area contributed by atoms with E-state index in [9.17, 15) is 4.79 Å². The average Bonchev–Trinajstić information content (AvgIpc) is 3.29. The summed E-state index contributed by atoms with van der Waals surface area (Å²) >= 11 is 1.48. The van der Waals surface area contributed by atoms with E-state index in [1.54, 1.807) is 13.1 Å². The van der Waals surface area contributed by atoms with Gasteiger partial charge in [-0.15, -0.1) is 11.3 Å². The minimum absolute atomic E-state index is 0.176. The molecule has 3 aromatic rings. The number of hydrogen-bond donors (Lipinski definition) is 1. The first-order chi connectivity index (χ1) is 13.1. The molecule has 0 spiro atoms. The molecule has 0 saturated carbocycles. The van der Waals surface area contributed by atoms with Crippen LogP contribution in [0.4, 0.5) is 0 Å². The van der Waals surface area contributed by atoms with E-state index >= 15 is 0 Å². The topological polar surface area (TPSA) is 82.5 Å². The lowest BCUT2D eigenvalue weighted by molar-refractivity contribution is -0.129. The third kappa shape index (κ3) is 2.60. The minimum Gasteiger partial charge on any atom is -0.369 e. The SMILES string of the molecule is CN1C(=O)C(c2ccccc2)(c2ccc(-c3cccc(C#N)c3)s2)N=C1N. The fourth-order valence-corrected chi connectivity index (χ4v) is 4.39. The molecular formula is C21H16N4OS. The molecule has 0 aliphatic carbocycles. The molecule has 1 aliphatic rings. The number of likely N-dealkylation sites (N-methyl/N-ethyl adjacent to an activating group) is 1. The number of benzene rings is 2. The Hall–Kier alpha value is -3.43. The average molecular weight is 372 g/mol. The molecule has 0 fully saturated rings. The second kappa shape index (κ2) is 6.38. The van der Waals surface area contributed by atoms with Crippen molar-refractivity contribution in [3.05, 3.63) is 82.7 Å². The number of aliphatic imine (C=N–C) groups is 1. The number of amides is 1. The lowest BCUT2D eigenvalue weighted by atomic mass is 9.88. The molecule has 4 rings (SSSR count). The standard InChI is InChI=1S/C21H16N4OS/c1-25-19(26)21(24-20(25)23,16-8-3-2-4-9-16)18-11-10-17(27-18)15-7-5-6-14(12-15)13-22/h2-12H,1H3,(H2,23,24). The first-order valence-electron chi connectivity index (χ1n) is 8.36. The van der Waals surface area contributed by atoms with Gasteiger partial charge in [0.05, 0.1) is 11.6 Å². The second-order valence-electron chi connectivity index (χ2n) is 6.27. The molecule has 6 heteroatoms. The van der Waals surface area contributed by atoms with E-state index in [-0.39, 0.29) is 11.9 Å². The molecule has 0 saturated heterocycles. The van der Waals surface area contributed by atoms with E-state index in [1.165, 1.54) is 16.2 Å². The second-order valence-corrected chi connectivity index (χ2v) is 7.35. The lowest BCUT2D eigenvalue weighted by Gasteiger charge is -2.24. The van der Waals surface area contributed by atoms with Crippen molar-refractivity contribution in [2.75, 3.05) is 7.05 Å². The zero-order chi connectivity index (χ0) is 19.0. The van der Waals surface area contributed by atoms with Gasteiger partial charge in [-0.25, -0.2) is 4.99 Å². The van der Waals surface area contributed by atoms with Crippen LogP contribution >= 0.6 is 11.3 Å². The van der Waals surface area contributed by atoms with Gasteiger partial charge in [0, 0.05) is 16.8 Å². The molecule has 1 amide bonds. The quantitative estimate of drug-likeness (QED) is 0.766. The first-order valence-corrected chi connectivity index (χ1v) is 9.18. The van der Waals surface area contributed by atoms with Crippen LogP contribution in [0.25, 0.3) is 10.4 Å². The van der Waals surface area contributed by atoms with Crippen molar-refractivity contribution in [2.24, 2.45) is 10.7 Å². The summed E-state index contributed by atoms with van der Waals surface area (Å²) < 4.78 is 0. The smallest absolute Gasteiger partial charge is 0.267 e. The van der Waals surface area contributed by atoms with E-state index in [1.807, 2.05) is 60.7 Å². The molecule has 0 bridgehead atoms. The number of nitrogens with two attached hydrogens (primary N) is 1. The summed E-state index contributed by atoms with van der Waals surface area (Å²) in [4.78, 5) is 20.9. The zero-order valence-electron chi connectivity index (χ0n) is 14.6. The Morgan fingerprint density at radius 2 is 1.89 bits per heavy atom. The normalized spacial score (nSPS) is 19.0. The van der Waals surface area contributed by atoms with Crippen LogP contribution in [0.1, 0.15) is 16.0 Å². The first kappa shape index (κ1) is 17.0. The monoisotopic (exact) mass is 372 g/mol. The van der Waals surface area contributed by atoms with Crippen LogP contribution in [-0.2, 0) is 10.3 Å². The van der Waals surface area contributed by atoms with Gasteiger partial charge in [0.2, 0.25) is 5.54 Å². The van der Waals surface area contributed by atoms with Gasteiger partial charge in [0.1, 0.15) is 0 Å². The zero-order valence-corrected chi connectivity index (χ0v) is 15.4. The maximum Gasteiger partial charge on any atom is 0.267 e. The molecule has 132 valence electrons. The molecule has 5 nitrogen and oxygen atoms in total. The third-order valence-corrected chi connectivity index (χ3v) is 5.91. The number of thiophene rings is 1. The highest BCUT2D eigenvalue weighted by atomic mass is 32.1. The predicted molar refractivity (Wildman–Crippen MR) is 106 cm³/mol. The van der Waals surface area contributed by atoms with Crippen LogP contribution in [0, 0.1) is 11.3 Å². The van der Waals surface area contributed by atoms with Crippen molar-refractivity contribution in [1.82, 2.24) is 4.90 Å². The van der Waals surface area contributed by atoms with Gasteiger partial charge in [-0.1, -0.05) is 42.5 Å². The number of rotatable bonds is 3. The number of carbonyl (C=O) groups excluding carboxylic acids is 1. The van der Waals surface area contributed by atoms with E-state index in [0.717, 1.165) is 20.9 Å². The minimum atomic E-state index is -1.17. The van der Waals surface area contributed by atoms with Crippen LogP contribution in [-0.4, -0.2) is 23.8 Å². The van der Waals surface area contributed by atoms with Crippen molar-refractivity contribution >= 4 is 23.2 Å². The summed E-state index contributed by atoms with van der Waals surface area (Å²) in [6, 6.07) is 22.9. The van der Waals surface area contributed by atoms with Crippen molar-refractivity contribution in [3.8, 4) is 16.5 Å². The highest BCUT2D eigenvalue weighted by Crippen LogP contribution is 2.44. The number of carbonyl (C=O) groups is 1. The van der Waals surface area contributed by atoms with Crippen molar-refractivity contribution in [1.29, 1.82) is 5.26 Å². The number of nitriles is 1. The Morgan fingerprint density at radius 3 is 2.56 bits per heavy atom. The molecule has 1 atom stereocenters. The third-order valence-electron chi connectivity index (χ3n) is 4.67. The van der Waals surface area contributed by atoms with Crippen molar-refractivity contribution in [2.45, 2.75) is 5.54 Å². The molecule has 2 aromatic carbocycles. The Labute approximate surface area is 161 Å². The Morgan fingerprint density at radius 1 is 1.11 bits per heavy atom. The summed E-state index contributed by atoms with van der Waals surface area (Å²) in [5.41, 5.74) is 7.14. The highest BCUT2D eigenvalue weighted by molar-refractivity contribution is 7.15. The predicted octanol–water partition coefficient (Wildman–Crippen LogP) is 3.32. The lowest BCUT2D eigenvalue weighted by Crippen LogP contribution is -2.40. The largest absolute Gasteiger partial charge is 0.369 e. The van der Waals surface area contributed by atoms with Crippen LogP contribution in [0.2, 0.25) is 0 Å². The molecule has 2 N–H and O–H groups in total. The summed E-state index contributed by atoms with van der Waals surface area (Å²) in [6.45, 7) is 0. The number of guanidine groups is 1. The molecule has 1 unspecified atom stereocenters. The Bertz CT molecular complexity index is 1100. The summed E-state index contributed by atoms with van der Waals surface area (Å²) in [5, 5.41) is 9.14.